The van der Waals surface area contributed by atoms with Crippen LogP contribution in [-0.2, 0) is 7.05 Å². The van der Waals surface area contributed by atoms with E-state index >= 15 is 0 Å². The summed E-state index contributed by atoms with van der Waals surface area (Å²) in [4.78, 5) is 12.2. The van der Waals surface area contributed by atoms with Crippen molar-refractivity contribution in [3.8, 4) is 0 Å². The predicted octanol–water partition coefficient (Wildman–Crippen LogP) is 1.23. The molecule has 0 aliphatic carbocycles. The van der Waals surface area contributed by atoms with Crippen LogP contribution in [0.5, 0.6) is 0 Å². The molecule has 0 saturated carbocycles. The van der Waals surface area contributed by atoms with Crippen molar-refractivity contribution in [2.24, 2.45) is 7.05 Å². The second-order valence-electron chi connectivity index (χ2n) is 4.38. The number of nitrogens with one attached hydrogen (secondary N) is 1. The summed E-state index contributed by atoms with van der Waals surface area (Å²) in [5, 5.41) is 4.35. The number of fused-ring (bicyclic) bond motifs is 1. The number of pyridine rings is 1. The number of benzene rings is 1. The van der Waals surface area contributed by atoms with Crippen LogP contribution in [0.1, 0.15) is 11.5 Å². The maximum Gasteiger partial charge on any atom is 0.254 e. The standard InChI is InChI=1S/C13H14N2O/c1-15-12-5-3-2-4-9(12)6-11(13(15)16)10-7-14-8-10/h2-6,10,14H,7-8H2,1H3. The smallest absolute Gasteiger partial charge is 0.254 e. The molecule has 1 aliphatic heterocycles. The average molecular weight is 214 g/mol. The molecule has 0 radical (unpaired) electrons. The summed E-state index contributed by atoms with van der Waals surface area (Å²) < 4.78 is 1.75. The SMILES string of the molecule is Cn1c(=O)c(C2CNC2)cc2ccccc21. The number of hydrogen-bond acceptors (Lipinski definition) is 2. The minimum atomic E-state index is 0.144. The molecule has 0 amide bonds. The predicted molar refractivity (Wildman–Crippen MR) is 64.8 cm³/mol. The number of nitrogens with zero attached hydrogens (tertiary/aromatic N) is 1. The van der Waals surface area contributed by atoms with Gasteiger partial charge in [-0.2, -0.15) is 0 Å². The topological polar surface area (TPSA) is 34.0 Å². The fourth-order valence-corrected chi connectivity index (χ4v) is 2.25. The molecule has 1 aromatic heterocycles. The third-order valence-corrected chi connectivity index (χ3v) is 3.38. The van der Waals surface area contributed by atoms with Crippen LogP contribution in [0, 0.1) is 0 Å². The van der Waals surface area contributed by atoms with Crippen LogP contribution in [0.2, 0.25) is 0 Å². The number of para-hydroxylation sites is 1. The van der Waals surface area contributed by atoms with Gasteiger partial charge in [-0.1, -0.05) is 18.2 Å². The Balaban J connectivity index is 2.30. The Hall–Kier alpha value is -1.61. The van der Waals surface area contributed by atoms with Crippen LogP contribution in [0.4, 0.5) is 0 Å². The zero-order valence-corrected chi connectivity index (χ0v) is 9.23. The van der Waals surface area contributed by atoms with Gasteiger partial charge in [-0.15, -0.1) is 0 Å². The first-order valence-electron chi connectivity index (χ1n) is 5.57. The molecule has 1 N–H and O–H groups in total. The van der Waals surface area contributed by atoms with Gasteiger partial charge in [0.05, 0.1) is 5.52 Å². The molecule has 0 unspecified atom stereocenters. The summed E-state index contributed by atoms with van der Waals surface area (Å²) >= 11 is 0. The number of aromatic nitrogens is 1. The lowest BCUT2D eigenvalue weighted by atomic mass is 9.94. The quantitative estimate of drug-likeness (QED) is 0.774. The molecule has 3 rings (SSSR count). The number of rotatable bonds is 1. The summed E-state index contributed by atoms with van der Waals surface area (Å²) in [5.74, 6) is 0.392. The molecule has 82 valence electrons. The van der Waals surface area contributed by atoms with Crippen LogP contribution in [0.3, 0.4) is 0 Å². The van der Waals surface area contributed by atoms with Crippen molar-refractivity contribution in [2.75, 3.05) is 13.1 Å². The molecular formula is C13H14N2O. The van der Waals surface area contributed by atoms with Gasteiger partial charge in [0.2, 0.25) is 0 Å². The Morgan fingerprint density at radius 2 is 2.06 bits per heavy atom. The highest BCUT2D eigenvalue weighted by Gasteiger charge is 2.22. The second-order valence-corrected chi connectivity index (χ2v) is 4.38. The Bertz CT molecular complexity index is 596. The van der Waals surface area contributed by atoms with E-state index in [1.807, 2.05) is 31.3 Å². The van der Waals surface area contributed by atoms with Gasteiger partial charge in [0.1, 0.15) is 0 Å². The Labute approximate surface area is 93.7 Å². The minimum absolute atomic E-state index is 0.144. The molecule has 3 heteroatoms. The Morgan fingerprint density at radius 3 is 2.75 bits per heavy atom. The molecule has 2 aromatic rings. The molecule has 0 bridgehead atoms. The van der Waals surface area contributed by atoms with Gasteiger partial charge >= 0.3 is 0 Å². The molecule has 3 nitrogen and oxygen atoms in total. The average Bonchev–Trinajstić information content (AvgIpc) is 2.23. The minimum Gasteiger partial charge on any atom is -0.315 e. The van der Waals surface area contributed by atoms with Gasteiger partial charge < -0.3 is 9.88 Å². The molecule has 1 aliphatic rings. The van der Waals surface area contributed by atoms with Gasteiger partial charge in [-0.05, 0) is 17.5 Å². The van der Waals surface area contributed by atoms with Gasteiger partial charge in [0.25, 0.3) is 5.56 Å². The van der Waals surface area contributed by atoms with Crippen LogP contribution >= 0.6 is 0 Å². The van der Waals surface area contributed by atoms with E-state index in [4.69, 9.17) is 0 Å². The monoisotopic (exact) mass is 214 g/mol. The highest BCUT2D eigenvalue weighted by molar-refractivity contribution is 5.79. The summed E-state index contributed by atoms with van der Waals surface area (Å²) in [5.41, 5.74) is 2.09. The molecular weight excluding hydrogens is 200 g/mol. The van der Waals surface area contributed by atoms with E-state index in [1.165, 1.54) is 0 Å². The highest BCUT2D eigenvalue weighted by atomic mass is 16.1. The van der Waals surface area contributed by atoms with Crippen molar-refractivity contribution in [3.63, 3.8) is 0 Å². The maximum atomic E-state index is 12.2. The van der Waals surface area contributed by atoms with Gasteiger partial charge in [0, 0.05) is 31.6 Å². The molecule has 2 heterocycles. The van der Waals surface area contributed by atoms with Crippen molar-refractivity contribution in [1.29, 1.82) is 0 Å². The lowest BCUT2D eigenvalue weighted by molar-refractivity contribution is 0.444. The maximum absolute atomic E-state index is 12.2. The highest BCUT2D eigenvalue weighted by Crippen LogP contribution is 2.20. The molecule has 0 atom stereocenters. The fourth-order valence-electron chi connectivity index (χ4n) is 2.25. The summed E-state index contributed by atoms with van der Waals surface area (Å²) in [6, 6.07) is 10.1. The van der Waals surface area contributed by atoms with Crippen LogP contribution in [0.15, 0.2) is 35.1 Å². The molecule has 1 aromatic carbocycles. The lowest BCUT2D eigenvalue weighted by Crippen LogP contribution is -2.43. The third-order valence-electron chi connectivity index (χ3n) is 3.38. The van der Waals surface area contributed by atoms with E-state index in [9.17, 15) is 4.79 Å². The lowest BCUT2D eigenvalue weighted by Gasteiger charge is -2.27. The summed E-state index contributed by atoms with van der Waals surface area (Å²) in [6.45, 7) is 1.85. The zero-order valence-electron chi connectivity index (χ0n) is 9.23. The van der Waals surface area contributed by atoms with Crippen LogP contribution < -0.4 is 10.9 Å². The Kier molecular flexibility index (Phi) is 2.07. The van der Waals surface area contributed by atoms with Crippen molar-refractivity contribution in [1.82, 2.24) is 9.88 Å². The van der Waals surface area contributed by atoms with Gasteiger partial charge in [0.15, 0.2) is 0 Å². The van der Waals surface area contributed by atoms with E-state index in [0.29, 0.717) is 5.92 Å². The number of aryl methyl sites for hydroxylation is 1. The number of hydrogen-bond donors (Lipinski definition) is 1. The first-order chi connectivity index (χ1) is 7.77. The first kappa shape index (κ1) is 9.60. The van der Waals surface area contributed by atoms with Crippen molar-refractivity contribution in [3.05, 3.63) is 46.2 Å². The largest absolute Gasteiger partial charge is 0.315 e. The van der Waals surface area contributed by atoms with Gasteiger partial charge in [-0.25, -0.2) is 0 Å². The van der Waals surface area contributed by atoms with E-state index in [2.05, 4.69) is 11.4 Å². The normalized spacial score (nSPS) is 16.3. The van der Waals surface area contributed by atoms with E-state index in [1.54, 1.807) is 4.57 Å². The second kappa shape index (κ2) is 3.46. The van der Waals surface area contributed by atoms with Crippen molar-refractivity contribution >= 4 is 10.9 Å². The van der Waals surface area contributed by atoms with E-state index < -0.39 is 0 Å². The van der Waals surface area contributed by atoms with Crippen molar-refractivity contribution < 1.29 is 0 Å². The molecule has 1 saturated heterocycles. The van der Waals surface area contributed by atoms with E-state index in [0.717, 1.165) is 29.6 Å². The first-order valence-corrected chi connectivity index (χ1v) is 5.57. The molecule has 0 spiro atoms. The summed E-state index contributed by atoms with van der Waals surface area (Å²) in [6.07, 6.45) is 0. The van der Waals surface area contributed by atoms with Gasteiger partial charge in [-0.3, -0.25) is 4.79 Å². The third kappa shape index (κ3) is 1.28. The summed E-state index contributed by atoms with van der Waals surface area (Å²) in [7, 11) is 1.85. The molecule has 1 fully saturated rings. The van der Waals surface area contributed by atoms with Crippen molar-refractivity contribution in [2.45, 2.75) is 5.92 Å². The Morgan fingerprint density at radius 1 is 1.31 bits per heavy atom. The van der Waals surface area contributed by atoms with Crippen LogP contribution in [0.25, 0.3) is 10.9 Å². The fraction of sp³-hybridized carbons (Fsp3) is 0.308. The molecule has 16 heavy (non-hydrogen) atoms. The zero-order chi connectivity index (χ0) is 11.1. The van der Waals surface area contributed by atoms with E-state index in [-0.39, 0.29) is 5.56 Å². The van der Waals surface area contributed by atoms with Crippen LogP contribution in [-0.4, -0.2) is 17.7 Å².